The molecule has 7 nitrogen and oxygen atoms in total. The first-order valence-corrected chi connectivity index (χ1v) is 13.4. The van der Waals surface area contributed by atoms with E-state index in [-0.39, 0.29) is 18.8 Å². The van der Waals surface area contributed by atoms with Gasteiger partial charge in [0, 0.05) is 23.7 Å². The summed E-state index contributed by atoms with van der Waals surface area (Å²) < 4.78 is 46.0. The van der Waals surface area contributed by atoms with Gasteiger partial charge in [0.25, 0.3) is 5.91 Å². The van der Waals surface area contributed by atoms with Crippen LogP contribution in [-0.2, 0) is 20.5 Å². The zero-order chi connectivity index (χ0) is 28.4. The molecule has 1 saturated heterocycles. The lowest BCUT2D eigenvalue weighted by molar-refractivity contribution is -0.138. The van der Waals surface area contributed by atoms with E-state index >= 15 is 0 Å². The standard InChI is InChI=1S/C26H31ClF3N3O4S/c1-16-14-31(15-17(2)32(16)24(36)37-25(3,4)5)23(35)22(20-10-7-11-38-20)33(21(34)13-27)19-9-6-8-18(12-19)26(28,29)30/h6-12,16-17,22H,13-15H2,1-5H3. The smallest absolute Gasteiger partial charge is 0.416 e. The minimum absolute atomic E-state index is 0.0919. The highest BCUT2D eigenvalue weighted by molar-refractivity contribution is 7.10. The van der Waals surface area contributed by atoms with Crippen molar-refractivity contribution in [2.75, 3.05) is 23.9 Å². The van der Waals surface area contributed by atoms with Crippen molar-refractivity contribution in [3.63, 3.8) is 0 Å². The fourth-order valence-corrected chi connectivity index (χ4v) is 5.43. The Morgan fingerprint density at radius 2 is 1.74 bits per heavy atom. The predicted molar refractivity (Wildman–Crippen MR) is 140 cm³/mol. The van der Waals surface area contributed by atoms with E-state index in [2.05, 4.69) is 0 Å². The Morgan fingerprint density at radius 1 is 1.11 bits per heavy atom. The summed E-state index contributed by atoms with van der Waals surface area (Å²) in [5.74, 6) is -1.73. The van der Waals surface area contributed by atoms with E-state index in [1.165, 1.54) is 28.4 Å². The van der Waals surface area contributed by atoms with Crippen LogP contribution in [-0.4, -0.2) is 64.4 Å². The summed E-state index contributed by atoms with van der Waals surface area (Å²) in [5.41, 5.74) is -1.74. The number of hydrogen-bond acceptors (Lipinski definition) is 5. The van der Waals surface area contributed by atoms with E-state index in [0.29, 0.717) is 4.88 Å². The second-order valence-corrected chi connectivity index (χ2v) is 11.4. The molecule has 0 bridgehead atoms. The lowest BCUT2D eigenvalue weighted by Crippen LogP contribution is -2.61. The van der Waals surface area contributed by atoms with Crippen molar-refractivity contribution >= 4 is 46.5 Å². The Labute approximate surface area is 229 Å². The van der Waals surface area contributed by atoms with E-state index in [0.717, 1.165) is 17.0 Å². The SMILES string of the molecule is CC1CN(C(=O)C(c2cccs2)N(C(=O)CCl)c2cccc(C(F)(F)F)c2)CC(C)N1C(=O)OC(C)(C)C. The Hall–Kier alpha value is -2.79. The summed E-state index contributed by atoms with van der Waals surface area (Å²) in [6.07, 6.45) is -5.14. The molecular formula is C26H31ClF3N3O4S. The maximum absolute atomic E-state index is 14.0. The number of alkyl halides is 4. The molecule has 3 rings (SSSR count). The van der Waals surface area contributed by atoms with Crippen molar-refractivity contribution in [3.8, 4) is 0 Å². The average Bonchev–Trinajstić information content (AvgIpc) is 3.34. The van der Waals surface area contributed by atoms with Crippen LogP contribution < -0.4 is 4.90 Å². The number of benzene rings is 1. The van der Waals surface area contributed by atoms with Crippen LogP contribution in [0.2, 0.25) is 0 Å². The first-order valence-electron chi connectivity index (χ1n) is 12.0. The van der Waals surface area contributed by atoms with Gasteiger partial charge in [-0.05, 0) is 64.3 Å². The van der Waals surface area contributed by atoms with Crippen LogP contribution in [0.5, 0.6) is 0 Å². The number of piperazine rings is 1. The van der Waals surface area contributed by atoms with Gasteiger partial charge in [0.2, 0.25) is 5.91 Å². The summed E-state index contributed by atoms with van der Waals surface area (Å²) in [7, 11) is 0. The number of nitrogens with zero attached hydrogens (tertiary/aromatic N) is 3. The summed E-state index contributed by atoms with van der Waals surface area (Å²) in [5, 5.41) is 1.72. The molecule has 1 fully saturated rings. The topological polar surface area (TPSA) is 70.2 Å². The number of anilines is 1. The minimum atomic E-state index is -4.64. The van der Waals surface area contributed by atoms with Crippen LogP contribution in [0.1, 0.15) is 51.1 Å². The molecule has 12 heteroatoms. The number of thiophene rings is 1. The number of ether oxygens (including phenoxy) is 1. The molecule has 38 heavy (non-hydrogen) atoms. The second kappa shape index (κ2) is 11.5. The number of hydrogen-bond donors (Lipinski definition) is 0. The van der Waals surface area contributed by atoms with Gasteiger partial charge < -0.3 is 9.64 Å². The Balaban J connectivity index is 1.99. The molecule has 1 aliphatic rings. The average molecular weight is 574 g/mol. The van der Waals surface area contributed by atoms with Gasteiger partial charge in [0.15, 0.2) is 0 Å². The van der Waals surface area contributed by atoms with Crippen LogP contribution in [0, 0.1) is 0 Å². The fourth-order valence-electron chi connectivity index (χ4n) is 4.49. The number of carbonyl (C=O) groups is 3. The van der Waals surface area contributed by atoms with Crippen molar-refractivity contribution in [1.29, 1.82) is 0 Å². The lowest BCUT2D eigenvalue weighted by Gasteiger charge is -2.45. The van der Waals surface area contributed by atoms with Crippen molar-refractivity contribution in [3.05, 3.63) is 52.2 Å². The van der Waals surface area contributed by atoms with Gasteiger partial charge in [-0.3, -0.25) is 19.4 Å². The fraction of sp³-hybridized carbons (Fsp3) is 0.500. The Bertz CT molecular complexity index is 1140. The van der Waals surface area contributed by atoms with E-state index < -0.39 is 59.3 Å². The number of halogens is 4. The highest BCUT2D eigenvalue weighted by atomic mass is 35.5. The molecule has 0 spiro atoms. The van der Waals surface area contributed by atoms with Gasteiger partial charge >= 0.3 is 12.3 Å². The minimum Gasteiger partial charge on any atom is -0.444 e. The number of rotatable bonds is 5. The van der Waals surface area contributed by atoms with E-state index in [4.69, 9.17) is 16.3 Å². The second-order valence-electron chi connectivity index (χ2n) is 10.2. The van der Waals surface area contributed by atoms with Crippen LogP contribution in [0.25, 0.3) is 0 Å². The molecule has 208 valence electrons. The number of carbonyl (C=O) groups excluding carboxylic acids is 3. The molecule has 0 aliphatic carbocycles. The molecule has 3 unspecified atom stereocenters. The monoisotopic (exact) mass is 573 g/mol. The molecule has 0 N–H and O–H groups in total. The largest absolute Gasteiger partial charge is 0.444 e. The Kier molecular flexibility index (Phi) is 9.03. The molecule has 2 heterocycles. The molecule has 1 aromatic carbocycles. The van der Waals surface area contributed by atoms with Crippen LogP contribution in [0.15, 0.2) is 41.8 Å². The molecule has 0 radical (unpaired) electrons. The molecule has 3 amide bonds. The first kappa shape index (κ1) is 29.8. The Morgan fingerprint density at radius 3 is 2.24 bits per heavy atom. The van der Waals surface area contributed by atoms with Crippen LogP contribution in [0.4, 0.5) is 23.7 Å². The highest BCUT2D eigenvalue weighted by Gasteiger charge is 2.42. The van der Waals surface area contributed by atoms with Crippen molar-refractivity contribution in [2.45, 2.75) is 64.5 Å². The molecule has 1 aromatic heterocycles. The molecule has 0 saturated carbocycles. The number of amides is 3. The molecule has 3 atom stereocenters. The van der Waals surface area contributed by atoms with Crippen molar-refractivity contribution < 1.29 is 32.3 Å². The first-order chi connectivity index (χ1) is 17.6. The van der Waals surface area contributed by atoms with E-state index in [1.807, 2.05) is 0 Å². The maximum atomic E-state index is 14.0. The summed E-state index contributed by atoms with van der Waals surface area (Å²) >= 11 is 7.09. The third-order valence-electron chi connectivity index (χ3n) is 5.97. The van der Waals surface area contributed by atoms with Crippen molar-refractivity contribution in [2.24, 2.45) is 0 Å². The van der Waals surface area contributed by atoms with E-state index in [9.17, 15) is 27.6 Å². The summed E-state index contributed by atoms with van der Waals surface area (Å²) in [4.78, 5) is 44.5. The highest BCUT2D eigenvalue weighted by Crippen LogP contribution is 2.37. The van der Waals surface area contributed by atoms with Gasteiger partial charge in [-0.15, -0.1) is 22.9 Å². The summed E-state index contributed by atoms with van der Waals surface area (Å²) in [6, 6.07) is 5.56. The van der Waals surface area contributed by atoms with Crippen molar-refractivity contribution in [1.82, 2.24) is 9.80 Å². The third kappa shape index (κ3) is 6.79. The van der Waals surface area contributed by atoms with Gasteiger partial charge in [-0.2, -0.15) is 13.2 Å². The van der Waals surface area contributed by atoms with Gasteiger partial charge in [-0.25, -0.2) is 4.79 Å². The van der Waals surface area contributed by atoms with E-state index in [1.54, 1.807) is 57.0 Å². The zero-order valence-corrected chi connectivity index (χ0v) is 23.4. The third-order valence-corrected chi connectivity index (χ3v) is 7.13. The van der Waals surface area contributed by atoms with Gasteiger partial charge in [0.1, 0.15) is 17.5 Å². The van der Waals surface area contributed by atoms with Crippen LogP contribution >= 0.6 is 22.9 Å². The van der Waals surface area contributed by atoms with Crippen LogP contribution in [0.3, 0.4) is 0 Å². The maximum Gasteiger partial charge on any atom is 0.416 e. The summed E-state index contributed by atoms with van der Waals surface area (Å²) in [6.45, 7) is 9.17. The normalized spacial score (nSPS) is 19.2. The van der Waals surface area contributed by atoms with Gasteiger partial charge in [-0.1, -0.05) is 12.1 Å². The molecule has 1 aliphatic heterocycles. The van der Waals surface area contributed by atoms with Gasteiger partial charge in [0.05, 0.1) is 17.6 Å². The quantitative estimate of drug-likeness (QED) is 0.415. The zero-order valence-electron chi connectivity index (χ0n) is 21.8. The predicted octanol–water partition coefficient (Wildman–Crippen LogP) is 5.94. The lowest BCUT2D eigenvalue weighted by atomic mass is 10.0. The molecule has 2 aromatic rings. The molecular weight excluding hydrogens is 543 g/mol.